The zero-order chi connectivity index (χ0) is 50.0. The number of nitrogens with one attached hydrogen (secondary N) is 1. The average molecular weight is 973 g/mol. The fourth-order valence-corrected chi connectivity index (χ4v) is 10.1. The minimum absolute atomic E-state index is 0.372. The third kappa shape index (κ3) is 54.4. The lowest BCUT2D eigenvalue weighted by molar-refractivity contribution is -0.131. The highest BCUT2D eigenvalue weighted by Crippen LogP contribution is 2.19. The van der Waals surface area contributed by atoms with Crippen molar-refractivity contribution >= 4 is 5.91 Å². The molecule has 410 valence electrons. The number of amides is 1. The van der Waals surface area contributed by atoms with E-state index in [9.17, 15) is 20.1 Å². The lowest BCUT2D eigenvalue weighted by Crippen LogP contribution is -2.48. The summed E-state index contributed by atoms with van der Waals surface area (Å²) >= 11 is 0. The van der Waals surface area contributed by atoms with Gasteiger partial charge in [-0.2, -0.15) is 0 Å². The Morgan fingerprint density at radius 1 is 0.348 bits per heavy atom. The summed E-state index contributed by atoms with van der Waals surface area (Å²) in [4.78, 5) is 12.6. The largest absolute Gasteiger partial charge is 0.394 e. The van der Waals surface area contributed by atoms with Gasteiger partial charge in [0.1, 0.15) is 6.10 Å². The Hall–Kier alpha value is -1.17. The molecule has 0 aliphatic heterocycles. The van der Waals surface area contributed by atoms with Crippen LogP contribution in [0, 0.1) is 0 Å². The predicted molar refractivity (Wildman–Crippen MR) is 305 cm³/mol. The van der Waals surface area contributed by atoms with E-state index >= 15 is 0 Å². The van der Waals surface area contributed by atoms with Crippen molar-refractivity contribution in [2.24, 2.45) is 0 Å². The smallest absolute Gasteiger partial charge is 0.249 e. The molecule has 0 aliphatic carbocycles. The third-order valence-electron chi connectivity index (χ3n) is 15.0. The zero-order valence-corrected chi connectivity index (χ0v) is 47.0. The van der Waals surface area contributed by atoms with Crippen molar-refractivity contribution in [1.82, 2.24) is 5.32 Å². The minimum Gasteiger partial charge on any atom is -0.394 e. The Morgan fingerprint density at radius 3 is 0.884 bits per heavy atom. The molecule has 0 saturated heterocycles. The van der Waals surface area contributed by atoms with Gasteiger partial charge in [0.05, 0.1) is 18.8 Å². The van der Waals surface area contributed by atoms with E-state index in [1.165, 1.54) is 295 Å². The Balaban J connectivity index is 3.52. The van der Waals surface area contributed by atoms with E-state index in [2.05, 4.69) is 31.3 Å². The molecule has 0 fully saturated rings. The Kier molecular flexibility index (Phi) is 58.4. The van der Waals surface area contributed by atoms with E-state index in [-0.39, 0.29) is 6.61 Å². The average Bonchev–Trinajstić information content (AvgIpc) is 3.35. The van der Waals surface area contributed by atoms with Crippen molar-refractivity contribution in [3.8, 4) is 0 Å². The quantitative estimate of drug-likeness (QED) is 0.0361. The maximum Gasteiger partial charge on any atom is 0.249 e. The molecule has 0 aromatic carbocycles. The molecule has 3 unspecified atom stereocenters. The fourth-order valence-electron chi connectivity index (χ4n) is 10.1. The number of allylic oxidation sites excluding steroid dienone is 3. The zero-order valence-electron chi connectivity index (χ0n) is 47.0. The highest BCUT2D eigenvalue weighted by molar-refractivity contribution is 5.80. The monoisotopic (exact) mass is 972 g/mol. The first-order valence-corrected chi connectivity index (χ1v) is 31.7. The number of hydrogen-bond acceptors (Lipinski definition) is 4. The summed E-state index contributed by atoms with van der Waals surface area (Å²) in [6.07, 6.45) is 77.3. The summed E-state index contributed by atoms with van der Waals surface area (Å²) in [5.41, 5.74) is 0. The summed E-state index contributed by atoms with van der Waals surface area (Å²) in [7, 11) is 0. The molecule has 0 bridgehead atoms. The molecule has 0 aliphatic rings. The van der Waals surface area contributed by atoms with Crippen molar-refractivity contribution in [1.29, 1.82) is 0 Å². The summed E-state index contributed by atoms with van der Waals surface area (Å²) in [5, 5.41) is 33.4. The van der Waals surface area contributed by atoms with Gasteiger partial charge in [0.15, 0.2) is 0 Å². The molecule has 0 saturated carbocycles. The topological polar surface area (TPSA) is 89.8 Å². The Morgan fingerprint density at radius 2 is 0.594 bits per heavy atom. The number of rotatable bonds is 59. The summed E-state index contributed by atoms with van der Waals surface area (Å²) < 4.78 is 0. The summed E-state index contributed by atoms with van der Waals surface area (Å²) in [5.74, 6) is -0.505. The molecule has 3 atom stereocenters. The van der Waals surface area contributed by atoms with Crippen LogP contribution in [-0.4, -0.2) is 46.1 Å². The van der Waals surface area contributed by atoms with E-state index < -0.39 is 24.2 Å². The summed E-state index contributed by atoms with van der Waals surface area (Å²) in [6, 6.07) is -0.813. The Bertz CT molecular complexity index is 1030. The fraction of sp³-hybridized carbons (Fsp3) is 0.922. The van der Waals surface area contributed by atoms with E-state index in [1.54, 1.807) is 6.08 Å². The molecule has 1 amide bonds. The van der Waals surface area contributed by atoms with Crippen LogP contribution in [0.1, 0.15) is 354 Å². The van der Waals surface area contributed by atoms with Crippen LogP contribution < -0.4 is 5.32 Å². The van der Waals surface area contributed by atoms with Gasteiger partial charge in [-0.3, -0.25) is 4.79 Å². The molecular formula is C64H125NO4. The molecule has 0 rings (SSSR count). The van der Waals surface area contributed by atoms with E-state index in [1.807, 2.05) is 6.08 Å². The minimum atomic E-state index is -1.10. The lowest BCUT2D eigenvalue weighted by atomic mass is 10.0. The van der Waals surface area contributed by atoms with Gasteiger partial charge in [-0.25, -0.2) is 0 Å². The second-order valence-electron chi connectivity index (χ2n) is 22.0. The molecule has 69 heavy (non-hydrogen) atoms. The van der Waals surface area contributed by atoms with Crippen LogP contribution >= 0.6 is 0 Å². The van der Waals surface area contributed by atoms with E-state index in [0.29, 0.717) is 6.42 Å². The summed E-state index contributed by atoms with van der Waals surface area (Å²) in [6.45, 7) is 4.22. The SMILES string of the molecule is CCCCCCCCCCCCCCCCCCC/C=C/CC/C=C/C(O)C(CO)NC(=O)C(O)CCCCCCCCCCCCCCCCCCCCCCCCCCCCCCCCCC. The van der Waals surface area contributed by atoms with Crippen LogP contribution in [0.2, 0.25) is 0 Å². The number of aliphatic hydroxyl groups excluding tert-OH is 3. The number of carbonyl (C=O) groups is 1. The van der Waals surface area contributed by atoms with Crippen LogP contribution in [-0.2, 0) is 4.79 Å². The van der Waals surface area contributed by atoms with E-state index in [0.717, 1.165) is 38.5 Å². The number of aliphatic hydroxyl groups is 3. The molecule has 0 radical (unpaired) electrons. The first-order chi connectivity index (χ1) is 34.1. The molecule has 0 spiro atoms. The lowest BCUT2D eigenvalue weighted by Gasteiger charge is -2.21. The number of carbonyl (C=O) groups excluding carboxylic acids is 1. The van der Waals surface area contributed by atoms with Crippen LogP contribution in [0.15, 0.2) is 24.3 Å². The van der Waals surface area contributed by atoms with Gasteiger partial charge in [-0.05, 0) is 32.1 Å². The normalized spacial score (nSPS) is 13.3. The van der Waals surface area contributed by atoms with Gasteiger partial charge < -0.3 is 20.6 Å². The van der Waals surface area contributed by atoms with Crippen LogP contribution in [0.4, 0.5) is 0 Å². The van der Waals surface area contributed by atoms with Gasteiger partial charge in [0, 0.05) is 0 Å². The van der Waals surface area contributed by atoms with Crippen molar-refractivity contribution in [3.05, 3.63) is 24.3 Å². The molecule has 5 nitrogen and oxygen atoms in total. The maximum absolute atomic E-state index is 12.6. The number of hydrogen-bond donors (Lipinski definition) is 4. The van der Waals surface area contributed by atoms with Crippen LogP contribution in [0.5, 0.6) is 0 Å². The highest BCUT2D eigenvalue weighted by Gasteiger charge is 2.22. The molecule has 0 heterocycles. The van der Waals surface area contributed by atoms with Crippen LogP contribution in [0.25, 0.3) is 0 Å². The van der Waals surface area contributed by atoms with Gasteiger partial charge in [0.2, 0.25) is 5.91 Å². The molecule has 5 heteroatoms. The van der Waals surface area contributed by atoms with Gasteiger partial charge in [0.25, 0.3) is 0 Å². The van der Waals surface area contributed by atoms with E-state index in [4.69, 9.17) is 0 Å². The van der Waals surface area contributed by atoms with Gasteiger partial charge >= 0.3 is 0 Å². The van der Waals surface area contributed by atoms with Crippen molar-refractivity contribution in [2.45, 2.75) is 372 Å². The predicted octanol–water partition coefficient (Wildman–Crippen LogP) is 20.0. The molecule has 0 aromatic heterocycles. The maximum atomic E-state index is 12.6. The third-order valence-corrected chi connectivity index (χ3v) is 15.0. The van der Waals surface area contributed by atoms with Gasteiger partial charge in [-0.15, -0.1) is 0 Å². The van der Waals surface area contributed by atoms with Crippen molar-refractivity contribution in [3.63, 3.8) is 0 Å². The highest BCUT2D eigenvalue weighted by atomic mass is 16.3. The molecule has 0 aromatic rings. The van der Waals surface area contributed by atoms with Crippen molar-refractivity contribution < 1.29 is 20.1 Å². The van der Waals surface area contributed by atoms with Crippen molar-refractivity contribution in [2.75, 3.05) is 6.61 Å². The Labute approximate surface area is 432 Å². The first kappa shape index (κ1) is 67.8. The number of unbranched alkanes of at least 4 members (excludes halogenated alkanes) is 49. The van der Waals surface area contributed by atoms with Crippen LogP contribution in [0.3, 0.4) is 0 Å². The molecule has 4 N–H and O–H groups in total. The van der Waals surface area contributed by atoms with Gasteiger partial charge in [-0.1, -0.05) is 346 Å². The second-order valence-corrected chi connectivity index (χ2v) is 22.0. The molecular weight excluding hydrogens is 847 g/mol. The second kappa shape index (κ2) is 59.4. The first-order valence-electron chi connectivity index (χ1n) is 31.7. The standard InChI is InChI=1S/C64H125NO4/c1-3-5-7-9-11-13-15-17-19-21-23-25-27-28-29-30-31-32-33-34-35-37-39-41-43-45-47-49-51-53-55-57-59-63(68)64(69)65-61(60-66)62(67)58-56-54-52-50-48-46-44-42-40-38-36-26-24-22-20-18-16-14-12-10-8-6-4-2/h48,50,56,58,61-63,66-68H,3-47,49,51-55,57,59-60H2,1-2H3,(H,65,69)/b50-48+,58-56+.